The minimum absolute atomic E-state index is 0.527. The Labute approximate surface area is 88.9 Å². The molecule has 2 aromatic rings. The molecule has 0 radical (unpaired) electrons. The van der Waals surface area contributed by atoms with Gasteiger partial charge in [0.25, 0.3) is 0 Å². The maximum absolute atomic E-state index is 10.0. The molecule has 1 saturated carbocycles. The average molecular weight is 201 g/mol. The molecule has 2 N–H and O–H groups in total. The van der Waals surface area contributed by atoms with E-state index in [1.54, 1.807) is 0 Å². The first-order valence-corrected chi connectivity index (χ1v) is 5.42. The van der Waals surface area contributed by atoms with Gasteiger partial charge in [0, 0.05) is 16.6 Å². The number of H-pyrrole nitrogens is 1. The highest BCUT2D eigenvalue weighted by Crippen LogP contribution is 2.45. The number of aryl methyl sites for hydroxylation is 2. The van der Waals surface area contributed by atoms with Gasteiger partial charge in [-0.3, -0.25) is 0 Å². The molecule has 2 nitrogen and oxygen atoms in total. The van der Waals surface area contributed by atoms with Gasteiger partial charge in [0.05, 0.1) is 5.60 Å². The molecule has 0 amide bonds. The van der Waals surface area contributed by atoms with Gasteiger partial charge in [0.15, 0.2) is 0 Å². The SMILES string of the molecule is Cc1[nH]c2cc(C3(O)CC3)ccc2c1C. The molecule has 0 spiro atoms. The van der Waals surface area contributed by atoms with Crippen LogP contribution in [-0.2, 0) is 5.60 Å². The summed E-state index contributed by atoms with van der Waals surface area (Å²) in [6.45, 7) is 4.21. The van der Waals surface area contributed by atoms with Crippen molar-refractivity contribution >= 4 is 10.9 Å². The lowest BCUT2D eigenvalue weighted by atomic mass is 10.0. The Bertz CT molecular complexity index is 535. The van der Waals surface area contributed by atoms with Crippen LogP contribution < -0.4 is 0 Å². The van der Waals surface area contributed by atoms with Crippen molar-refractivity contribution in [3.05, 3.63) is 35.0 Å². The zero-order chi connectivity index (χ0) is 10.6. The number of hydrogen-bond donors (Lipinski definition) is 2. The quantitative estimate of drug-likeness (QED) is 0.731. The fourth-order valence-electron chi connectivity index (χ4n) is 2.17. The fraction of sp³-hybridized carbons (Fsp3) is 0.385. The average Bonchev–Trinajstić information content (AvgIpc) is 2.90. The molecule has 0 aliphatic heterocycles. The largest absolute Gasteiger partial charge is 0.385 e. The van der Waals surface area contributed by atoms with E-state index in [0.29, 0.717) is 0 Å². The summed E-state index contributed by atoms with van der Waals surface area (Å²) in [6, 6.07) is 6.25. The van der Waals surface area contributed by atoms with Crippen molar-refractivity contribution in [2.75, 3.05) is 0 Å². The highest BCUT2D eigenvalue weighted by Gasteiger charge is 2.42. The molecule has 3 rings (SSSR count). The molecule has 1 fully saturated rings. The third-order valence-corrected chi connectivity index (χ3v) is 3.57. The van der Waals surface area contributed by atoms with Crippen LogP contribution in [0.3, 0.4) is 0 Å². The monoisotopic (exact) mass is 201 g/mol. The summed E-state index contributed by atoms with van der Waals surface area (Å²) in [6.07, 6.45) is 1.80. The van der Waals surface area contributed by atoms with Gasteiger partial charge in [-0.2, -0.15) is 0 Å². The van der Waals surface area contributed by atoms with Gasteiger partial charge >= 0.3 is 0 Å². The predicted octanol–water partition coefficient (Wildman–Crippen LogP) is 2.77. The number of fused-ring (bicyclic) bond motifs is 1. The lowest BCUT2D eigenvalue weighted by Crippen LogP contribution is -2.03. The van der Waals surface area contributed by atoms with Crippen LogP contribution in [0, 0.1) is 13.8 Å². The number of rotatable bonds is 1. The van der Waals surface area contributed by atoms with Crippen molar-refractivity contribution in [1.82, 2.24) is 4.98 Å². The van der Waals surface area contributed by atoms with Crippen LogP contribution in [-0.4, -0.2) is 10.1 Å². The standard InChI is InChI=1S/C13H15NO/c1-8-9(2)14-12-7-10(3-4-11(8)12)13(15)5-6-13/h3-4,7,14-15H,5-6H2,1-2H3. The smallest absolute Gasteiger partial charge is 0.0899 e. The fourth-order valence-corrected chi connectivity index (χ4v) is 2.17. The minimum Gasteiger partial charge on any atom is -0.385 e. The normalized spacial score (nSPS) is 18.3. The first-order chi connectivity index (χ1) is 7.10. The maximum atomic E-state index is 10.0. The number of benzene rings is 1. The molecular formula is C13H15NO. The second-order valence-corrected chi connectivity index (χ2v) is 4.67. The van der Waals surface area contributed by atoms with Crippen LogP contribution in [0.2, 0.25) is 0 Å². The van der Waals surface area contributed by atoms with Crippen molar-refractivity contribution in [1.29, 1.82) is 0 Å². The predicted molar refractivity (Wildman–Crippen MR) is 60.9 cm³/mol. The molecule has 0 bridgehead atoms. The van der Waals surface area contributed by atoms with Crippen LogP contribution in [0.5, 0.6) is 0 Å². The Morgan fingerprint density at radius 1 is 1.27 bits per heavy atom. The minimum atomic E-state index is -0.527. The van der Waals surface area contributed by atoms with E-state index >= 15 is 0 Å². The second-order valence-electron chi connectivity index (χ2n) is 4.67. The van der Waals surface area contributed by atoms with Crippen LogP contribution in [0.4, 0.5) is 0 Å². The molecule has 1 aromatic heterocycles. The van der Waals surface area contributed by atoms with E-state index in [0.717, 1.165) is 23.9 Å². The molecule has 0 atom stereocenters. The molecule has 1 aliphatic carbocycles. The lowest BCUT2D eigenvalue weighted by molar-refractivity contribution is 0.151. The maximum Gasteiger partial charge on any atom is 0.0899 e. The van der Waals surface area contributed by atoms with Crippen molar-refractivity contribution in [2.24, 2.45) is 0 Å². The second kappa shape index (κ2) is 2.64. The number of aromatic amines is 1. The Morgan fingerprint density at radius 3 is 2.67 bits per heavy atom. The number of hydrogen-bond acceptors (Lipinski definition) is 1. The molecular weight excluding hydrogens is 186 g/mol. The van der Waals surface area contributed by atoms with E-state index in [1.807, 2.05) is 0 Å². The van der Waals surface area contributed by atoms with E-state index < -0.39 is 5.60 Å². The summed E-state index contributed by atoms with van der Waals surface area (Å²) in [5, 5.41) is 11.3. The van der Waals surface area contributed by atoms with Crippen LogP contribution >= 0.6 is 0 Å². The van der Waals surface area contributed by atoms with Crippen LogP contribution in [0.15, 0.2) is 18.2 Å². The van der Waals surface area contributed by atoms with Gasteiger partial charge in [-0.25, -0.2) is 0 Å². The summed E-state index contributed by atoms with van der Waals surface area (Å²) in [7, 11) is 0. The first kappa shape index (κ1) is 8.98. The Hall–Kier alpha value is -1.28. The summed E-state index contributed by atoms with van der Waals surface area (Å²) in [5.41, 5.74) is 4.18. The third kappa shape index (κ3) is 1.21. The molecule has 0 saturated heterocycles. The molecule has 1 aliphatic rings. The molecule has 15 heavy (non-hydrogen) atoms. The third-order valence-electron chi connectivity index (χ3n) is 3.57. The highest BCUT2D eigenvalue weighted by molar-refractivity contribution is 5.85. The Balaban J connectivity index is 2.22. The van der Waals surface area contributed by atoms with E-state index in [2.05, 4.69) is 37.0 Å². The summed E-state index contributed by atoms with van der Waals surface area (Å²) >= 11 is 0. The molecule has 78 valence electrons. The van der Waals surface area contributed by atoms with Crippen LogP contribution in [0.1, 0.15) is 29.7 Å². The highest BCUT2D eigenvalue weighted by atomic mass is 16.3. The molecule has 1 heterocycles. The Morgan fingerprint density at radius 2 is 2.00 bits per heavy atom. The summed E-state index contributed by atoms with van der Waals surface area (Å²) in [5.74, 6) is 0. The lowest BCUT2D eigenvalue weighted by Gasteiger charge is -2.07. The molecule has 1 aromatic carbocycles. The van der Waals surface area contributed by atoms with Crippen molar-refractivity contribution in [3.8, 4) is 0 Å². The molecule has 2 heteroatoms. The van der Waals surface area contributed by atoms with Gasteiger partial charge in [0.2, 0.25) is 0 Å². The van der Waals surface area contributed by atoms with Crippen molar-refractivity contribution in [3.63, 3.8) is 0 Å². The number of aromatic nitrogens is 1. The zero-order valence-corrected chi connectivity index (χ0v) is 9.09. The van der Waals surface area contributed by atoms with Gasteiger partial charge in [-0.1, -0.05) is 12.1 Å². The molecule has 0 unspecified atom stereocenters. The van der Waals surface area contributed by atoms with Gasteiger partial charge in [-0.05, 0) is 43.9 Å². The number of aliphatic hydroxyl groups is 1. The Kier molecular flexibility index (Phi) is 1.58. The topological polar surface area (TPSA) is 36.0 Å². The van der Waals surface area contributed by atoms with Gasteiger partial charge in [0.1, 0.15) is 0 Å². The van der Waals surface area contributed by atoms with E-state index in [-0.39, 0.29) is 0 Å². The van der Waals surface area contributed by atoms with Gasteiger partial charge in [-0.15, -0.1) is 0 Å². The van der Waals surface area contributed by atoms with E-state index in [4.69, 9.17) is 0 Å². The zero-order valence-electron chi connectivity index (χ0n) is 9.09. The first-order valence-electron chi connectivity index (χ1n) is 5.42. The van der Waals surface area contributed by atoms with Crippen molar-refractivity contribution < 1.29 is 5.11 Å². The summed E-state index contributed by atoms with van der Waals surface area (Å²) in [4.78, 5) is 3.36. The van der Waals surface area contributed by atoms with Crippen molar-refractivity contribution in [2.45, 2.75) is 32.3 Å². The van der Waals surface area contributed by atoms with Gasteiger partial charge < -0.3 is 10.1 Å². The number of nitrogens with one attached hydrogen (secondary N) is 1. The van der Waals surface area contributed by atoms with Crippen LogP contribution in [0.25, 0.3) is 10.9 Å². The van der Waals surface area contributed by atoms with E-state index in [1.165, 1.54) is 16.6 Å². The van der Waals surface area contributed by atoms with E-state index in [9.17, 15) is 5.11 Å². The summed E-state index contributed by atoms with van der Waals surface area (Å²) < 4.78 is 0.